The van der Waals surface area contributed by atoms with Crippen LogP contribution in [0.1, 0.15) is 19.4 Å². The Hall–Kier alpha value is -0.650. The van der Waals surface area contributed by atoms with E-state index in [4.69, 9.17) is 27.4 Å². The first kappa shape index (κ1) is 15.4. The van der Waals surface area contributed by atoms with Gasteiger partial charge in [-0.15, -0.1) is 0 Å². The van der Waals surface area contributed by atoms with E-state index < -0.39 is 0 Å². The quantitative estimate of drug-likeness (QED) is 0.615. The van der Waals surface area contributed by atoms with Gasteiger partial charge in [-0.2, -0.15) is 0 Å². The fourth-order valence-corrected chi connectivity index (χ4v) is 1.86. The maximum atomic E-state index is 5.64. The molecule has 0 heterocycles. The second-order valence-electron chi connectivity index (χ2n) is 4.32. The summed E-state index contributed by atoms with van der Waals surface area (Å²) in [6, 6.07) is 5.59. The standard InChI is InChI=1S/C13H18BrNO2S/c1-9(2)8-16-5-6-17-12-7-10(14)3-4-11(12)13(15)18/h3-4,7,9H,5-6,8H2,1-2H3,(H2,15,18). The van der Waals surface area contributed by atoms with Crippen molar-refractivity contribution in [2.75, 3.05) is 19.8 Å². The number of halogens is 1. The summed E-state index contributed by atoms with van der Waals surface area (Å²) in [4.78, 5) is 0.334. The van der Waals surface area contributed by atoms with Gasteiger partial charge in [-0.25, -0.2) is 0 Å². The van der Waals surface area contributed by atoms with Crippen molar-refractivity contribution in [3.8, 4) is 5.75 Å². The molecule has 3 nitrogen and oxygen atoms in total. The molecule has 1 aromatic rings. The van der Waals surface area contributed by atoms with Gasteiger partial charge >= 0.3 is 0 Å². The predicted octanol–water partition coefficient (Wildman–Crippen LogP) is 3.13. The zero-order chi connectivity index (χ0) is 13.5. The van der Waals surface area contributed by atoms with Gasteiger partial charge in [0.05, 0.1) is 12.2 Å². The van der Waals surface area contributed by atoms with Crippen molar-refractivity contribution in [1.29, 1.82) is 0 Å². The number of hydrogen-bond acceptors (Lipinski definition) is 3. The molecule has 1 rings (SSSR count). The summed E-state index contributed by atoms with van der Waals surface area (Å²) in [6.45, 7) is 6.00. The van der Waals surface area contributed by atoms with E-state index in [2.05, 4.69) is 29.8 Å². The molecular weight excluding hydrogens is 314 g/mol. The number of ether oxygens (including phenoxy) is 2. The molecule has 0 aromatic heterocycles. The van der Waals surface area contributed by atoms with E-state index in [1.165, 1.54) is 0 Å². The summed E-state index contributed by atoms with van der Waals surface area (Å²) in [5.74, 6) is 1.22. The maximum absolute atomic E-state index is 5.64. The molecule has 0 saturated carbocycles. The minimum absolute atomic E-state index is 0.334. The monoisotopic (exact) mass is 331 g/mol. The molecule has 0 bridgehead atoms. The Morgan fingerprint density at radius 1 is 1.39 bits per heavy atom. The zero-order valence-electron chi connectivity index (χ0n) is 10.6. The molecule has 0 aliphatic carbocycles. The summed E-state index contributed by atoms with van der Waals surface area (Å²) >= 11 is 8.37. The topological polar surface area (TPSA) is 44.5 Å². The van der Waals surface area contributed by atoms with Gasteiger partial charge in [-0.1, -0.05) is 42.0 Å². The van der Waals surface area contributed by atoms with Gasteiger partial charge in [0.15, 0.2) is 0 Å². The third-order valence-corrected chi connectivity index (χ3v) is 2.86. The first-order chi connectivity index (χ1) is 8.50. The van der Waals surface area contributed by atoms with Gasteiger partial charge in [0.2, 0.25) is 0 Å². The SMILES string of the molecule is CC(C)COCCOc1cc(Br)ccc1C(N)=S. The van der Waals surface area contributed by atoms with Crippen LogP contribution >= 0.6 is 28.1 Å². The van der Waals surface area contributed by atoms with E-state index in [0.29, 0.717) is 29.9 Å². The van der Waals surface area contributed by atoms with Gasteiger partial charge in [0.1, 0.15) is 17.3 Å². The molecule has 0 atom stereocenters. The molecule has 0 fully saturated rings. The highest BCUT2D eigenvalue weighted by molar-refractivity contribution is 9.10. The molecule has 18 heavy (non-hydrogen) atoms. The van der Waals surface area contributed by atoms with E-state index in [9.17, 15) is 0 Å². The van der Waals surface area contributed by atoms with Crippen LogP contribution in [-0.4, -0.2) is 24.8 Å². The van der Waals surface area contributed by atoms with Crippen molar-refractivity contribution in [1.82, 2.24) is 0 Å². The molecule has 1 aromatic carbocycles. The number of rotatable bonds is 7. The van der Waals surface area contributed by atoms with Crippen LogP contribution in [0, 0.1) is 5.92 Å². The van der Waals surface area contributed by atoms with E-state index >= 15 is 0 Å². The minimum Gasteiger partial charge on any atom is -0.490 e. The van der Waals surface area contributed by atoms with Crippen LogP contribution in [0.4, 0.5) is 0 Å². The first-order valence-corrected chi connectivity index (χ1v) is 7.00. The largest absolute Gasteiger partial charge is 0.490 e. The van der Waals surface area contributed by atoms with Crippen LogP contribution in [0.2, 0.25) is 0 Å². The normalized spacial score (nSPS) is 10.7. The lowest BCUT2D eigenvalue weighted by atomic mass is 10.2. The summed E-state index contributed by atoms with van der Waals surface area (Å²) in [6.07, 6.45) is 0. The Morgan fingerprint density at radius 3 is 2.72 bits per heavy atom. The predicted molar refractivity (Wildman–Crippen MR) is 81.2 cm³/mol. The molecule has 5 heteroatoms. The first-order valence-electron chi connectivity index (χ1n) is 5.80. The number of hydrogen-bond donors (Lipinski definition) is 1. The molecule has 0 spiro atoms. The lowest BCUT2D eigenvalue weighted by molar-refractivity contribution is 0.0818. The summed E-state index contributed by atoms with van der Waals surface area (Å²) < 4.78 is 12.0. The molecule has 0 unspecified atom stereocenters. The van der Waals surface area contributed by atoms with E-state index in [1.807, 2.05) is 18.2 Å². The van der Waals surface area contributed by atoms with Crippen molar-refractivity contribution in [2.24, 2.45) is 11.7 Å². The lowest BCUT2D eigenvalue weighted by Gasteiger charge is -2.12. The summed E-state index contributed by atoms with van der Waals surface area (Å²) in [5, 5.41) is 0. The van der Waals surface area contributed by atoms with Crippen LogP contribution in [0.25, 0.3) is 0 Å². The third kappa shape index (κ3) is 5.33. The number of nitrogens with two attached hydrogens (primary N) is 1. The molecular formula is C13H18BrNO2S. The van der Waals surface area contributed by atoms with E-state index in [0.717, 1.165) is 16.6 Å². The van der Waals surface area contributed by atoms with Gasteiger partial charge in [-0.3, -0.25) is 0 Å². The van der Waals surface area contributed by atoms with E-state index in [1.54, 1.807) is 0 Å². The van der Waals surface area contributed by atoms with Crippen LogP contribution in [0.5, 0.6) is 5.75 Å². The van der Waals surface area contributed by atoms with Crippen molar-refractivity contribution >= 4 is 33.1 Å². The molecule has 0 amide bonds. The molecule has 0 aliphatic heterocycles. The summed E-state index contributed by atoms with van der Waals surface area (Å²) in [5.41, 5.74) is 6.39. The lowest BCUT2D eigenvalue weighted by Crippen LogP contribution is -2.14. The van der Waals surface area contributed by atoms with Crippen molar-refractivity contribution < 1.29 is 9.47 Å². The van der Waals surface area contributed by atoms with Crippen molar-refractivity contribution in [2.45, 2.75) is 13.8 Å². The Balaban J connectivity index is 2.50. The molecule has 0 radical (unpaired) electrons. The van der Waals surface area contributed by atoms with Crippen LogP contribution in [-0.2, 0) is 4.74 Å². The Morgan fingerprint density at radius 2 is 2.11 bits per heavy atom. The van der Waals surface area contributed by atoms with Crippen molar-refractivity contribution in [3.05, 3.63) is 28.2 Å². The Bertz CT molecular complexity index is 410. The number of benzene rings is 1. The minimum atomic E-state index is 0.334. The second kappa shape index (κ2) is 7.71. The number of thiocarbonyl (C=S) groups is 1. The fraction of sp³-hybridized carbons (Fsp3) is 0.462. The smallest absolute Gasteiger partial charge is 0.130 e. The average molecular weight is 332 g/mol. The molecule has 0 aliphatic rings. The summed E-state index contributed by atoms with van der Waals surface area (Å²) in [7, 11) is 0. The Kier molecular flexibility index (Phi) is 6.60. The third-order valence-electron chi connectivity index (χ3n) is 2.15. The molecule has 0 saturated heterocycles. The zero-order valence-corrected chi connectivity index (χ0v) is 13.0. The van der Waals surface area contributed by atoms with Gasteiger partial charge in [-0.05, 0) is 24.1 Å². The van der Waals surface area contributed by atoms with Gasteiger partial charge in [0.25, 0.3) is 0 Å². The fourth-order valence-electron chi connectivity index (χ4n) is 1.35. The second-order valence-corrected chi connectivity index (χ2v) is 5.68. The molecule has 100 valence electrons. The maximum Gasteiger partial charge on any atom is 0.130 e. The van der Waals surface area contributed by atoms with Crippen LogP contribution < -0.4 is 10.5 Å². The Labute approximate surface area is 122 Å². The highest BCUT2D eigenvalue weighted by Gasteiger charge is 2.07. The average Bonchev–Trinajstić information content (AvgIpc) is 2.27. The van der Waals surface area contributed by atoms with Crippen LogP contribution in [0.15, 0.2) is 22.7 Å². The van der Waals surface area contributed by atoms with Crippen molar-refractivity contribution in [3.63, 3.8) is 0 Å². The van der Waals surface area contributed by atoms with E-state index in [-0.39, 0.29) is 0 Å². The van der Waals surface area contributed by atoms with Crippen LogP contribution in [0.3, 0.4) is 0 Å². The molecule has 2 N–H and O–H groups in total. The van der Waals surface area contributed by atoms with Gasteiger partial charge < -0.3 is 15.2 Å². The highest BCUT2D eigenvalue weighted by Crippen LogP contribution is 2.23. The van der Waals surface area contributed by atoms with Gasteiger partial charge in [0, 0.05) is 11.1 Å². The highest BCUT2D eigenvalue weighted by atomic mass is 79.9.